The predicted octanol–water partition coefficient (Wildman–Crippen LogP) is 2.95. The standard InChI is InChI=1S/C22H26N2O5S/c1-5-29-20(25)14-24-13-16-12-15(10-11-18(16)21(24)26)17-8-6-7-9-19(17)30(27,28)23-22(2,3)4/h6-12,23H,5,13-14H2,1-4H3. The molecule has 1 aliphatic rings. The Morgan fingerprint density at radius 1 is 1.13 bits per heavy atom. The van der Waals surface area contributed by atoms with Crippen molar-refractivity contribution in [2.45, 2.75) is 44.7 Å². The second-order valence-electron chi connectivity index (χ2n) is 8.19. The Kier molecular flexibility index (Phi) is 6.01. The summed E-state index contributed by atoms with van der Waals surface area (Å²) in [5, 5.41) is 0. The molecule has 1 N–H and O–H groups in total. The molecule has 2 aromatic carbocycles. The quantitative estimate of drug-likeness (QED) is 0.712. The van der Waals surface area contributed by atoms with Crippen LogP contribution in [0.25, 0.3) is 11.1 Å². The van der Waals surface area contributed by atoms with Crippen LogP contribution in [0.4, 0.5) is 0 Å². The normalized spacial score (nSPS) is 14.0. The van der Waals surface area contributed by atoms with Crippen molar-refractivity contribution in [2.24, 2.45) is 0 Å². The van der Waals surface area contributed by atoms with Crippen LogP contribution in [0.5, 0.6) is 0 Å². The van der Waals surface area contributed by atoms with Gasteiger partial charge in [-0.25, -0.2) is 13.1 Å². The number of amides is 1. The number of esters is 1. The number of benzene rings is 2. The molecule has 7 nitrogen and oxygen atoms in total. The molecule has 3 rings (SSSR count). The molecule has 0 radical (unpaired) electrons. The molecule has 0 saturated heterocycles. The number of hydrogen-bond donors (Lipinski definition) is 1. The molecule has 0 aliphatic carbocycles. The Morgan fingerprint density at radius 2 is 1.83 bits per heavy atom. The zero-order valence-electron chi connectivity index (χ0n) is 17.6. The lowest BCUT2D eigenvalue weighted by molar-refractivity contribution is -0.143. The van der Waals surface area contributed by atoms with Gasteiger partial charge >= 0.3 is 5.97 Å². The van der Waals surface area contributed by atoms with Gasteiger partial charge in [0.1, 0.15) is 6.54 Å². The third-order valence-corrected chi connectivity index (χ3v) is 6.35. The lowest BCUT2D eigenvalue weighted by Crippen LogP contribution is -2.40. The number of sulfonamides is 1. The van der Waals surface area contributed by atoms with Crippen LogP contribution >= 0.6 is 0 Å². The van der Waals surface area contributed by atoms with Gasteiger partial charge in [-0.15, -0.1) is 0 Å². The fourth-order valence-corrected chi connectivity index (χ4v) is 5.09. The number of nitrogens with zero attached hydrogens (tertiary/aromatic N) is 1. The van der Waals surface area contributed by atoms with E-state index in [2.05, 4.69) is 4.72 Å². The van der Waals surface area contributed by atoms with Crippen LogP contribution in [-0.2, 0) is 26.1 Å². The molecule has 0 fully saturated rings. The monoisotopic (exact) mass is 430 g/mol. The minimum absolute atomic E-state index is 0.114. The summed E-state index contributed by atoms with van der Waals surface area (Å²) < 4.78 is 33.5. The summed E-state index contributed by atoms with van der Waals surface area (Å²) in [6.07, 6.45) is 0. The Morgan fingerprint density at radius 3 is 2.50 bits per heavy atom. The van der Waals surface area contributed by atoms with Gasteiger partial charge in [-0.1, -0.05) is 24.3 Å². The van der Waals surface area contributed by atoms with Crippen LogP contribution < -0.4 is 4.72 Å². The number of carbonyl (C=O) groups is 2. The molecule has 0 atom stereocenters. The smallest absolute Gasteiger partial charge is 0.325 e. The van der Waals surface area contributed by atoms with Crippen molar-refractivity contribution in [1.82, 2.24) is 9.62 Å². The number of nitrogens with one attached hydrogen (secondary N) is 1. The number of ether oxygens (including phenoxy) is 1. The molecule has 160 valence electrons. The summed E-state index contributed by atoms with van der Waals surface area (Å²) in [5.74, 6) is -0.691. The van der Waals surface area contributed by atoms with Crippen molar-refractivity contribution in [2.75, 3.05) is 13.2 Å². The molecule has 1 aliphatic heterocycles. The van der Waals surface area contributed by atoms with Crippen molar-refractivity contribution in [1.29, 1.82) is 0 Å². The van der Waals surface area contributed by atoms with E-state index >= 15 is 0 Å². The second-order valence-corrected chi connectivity index (χ2v) is 9.84. The molecule has 0 spiro atoms. The van der Waals surface area contributed by atoms with Gasteiger partial charge < -0.3 is 9.64 Å². The number of hydrogen-bond acceptors (Lipinski definition) is 5. The van der Waals surface area contributed by atoms with Crippen LogP contribution in [0.2, 0.25) is 0 Å². The van der Waals surface area contributed by atoms with E-state index in [0.717, 1.165) is 5.56 Å². The van der Waals surface area contributed by atoms with Crippen molar-refractivity contribution in [3.8, 4) is 11.1 Å². The second kappa shape index (κ2) is 8.20. The van der Waals surface area contributed by atoms with Crippen molar-refractivity contribution >= 4 is 21.9 Å². The maximum Gasteiger partial charge on any atom is 0.325 e. The van der Waals surface area contributed by atoms with E-state index < -0.39 is 21.5 Å². The highest BCUT2D eigenvalue weighted by Crippen LogP contribution is 2.32. The topological polar surface area (TPSA) is 92.8 Å². The van der Waals surface area contributed by atoms with Crippen molar-refractivity contribution in [3.63, 3.8) is 0 Å². The Labute approximate surface area is 177 Å². The van der Waals surface area contributed by atoms with Gasteiger partial charge in [0.25, 0.3) is 5.91 Å². The fraction of sp³-hybridized carbons (Fsp3) is 0.364. The van der Waals surface area contributed by atoms with Gasteiger partial charge in [0.2, 0.25) is 10.0 Å². The minimum Gasteiger partial charge on any atom is -0.465 e. The first-order chi connectivity index (χ1) is 14.0. The molecule has 0 aromatic heterocycles. The highest BCUT2D eigenvalue weighted by atomic mass is 32.2. The summed E-state index contributed by atoms with van der Waals surface area (Å²) in [7, 11) is -3.74. The summed E-state index contributed by atoms with van der Waals surface area (Å²) >= 11 is 0. The van der Waals surface area contributed by atoms with Gasteiger partial charge in [-0.3, -0.25) is 9.59 Å². The number of fused-ring (bicyclic) bond motifs is 1. The molecule has 8 heteroatoms. The van der Waals surface area contributed by atoms with Gasteiger partial charge in [-0.05, 0) is 57.0 Å². The highest BCUT2D eigenvalue weighted by Gasteiger charge is 2.30. The van der Waals surface area contributed by atoms with E-state index in [9.17, 15) is 18.0 Å². The molecule has 30 heavy (non-hydrogen) atoms. The van der Waals surface area contributed by atoms with Crippen LogP contribution in [0.15, 0.2) is 47.4 Å². The van der Waals surface area contributed by atoms with Gasteiger partial charge in [0, 0.05) is 23.2 Å². The summed E-state index contributed by atoms with van der Waals surface area (Å²) in [6.45, 7) is 7.48. The van der Waals surface area contributed by atoms with Crippen molar-refractivity contribution < 1.29 is 22.7 Å². The Balaban J connectivity index is 1.95. The molecule has 2 aromatic rings. The van der Waals surface area contributed by atoms with Gasteiger partial charge in [0.15, 0.2) is 0 Å². The lowest BCUT2D eigenvalue weighted by atomic mass is 10.0. The fourth-order valence-electron chi connectivity index (χ4n) is 3.44. The Bertz CT molecular complexity index is 1090. The summed E-state index contributed by atoms with van der Waals surface area (Å²) in [4.78, 5) is 25.9. The summed E-state index contributed by atoms with van der Waals surface area (Å²) in [6, 6.07) is 12.0. The lowest BCUT2D eigenvalue weighted by Gasteiger charge is -2.21. The molecule has 0 unspecified atom stereocenters. The van der Waals surface area contributed by atoms with E-state index in [1.54, 1.807) is 64.1 Å². The highest BCUT2D eigenvalue weighted by molar-refractivity contribution is 7.89. The van der Waals surface area contributed by atoms with E-state index in [0.29, 0.717) is 16.7 Å². The molecular formula is C22H26N2O5S. The van der Waals surface area contributed by atoms with E-state index in [1.807, 2.05) is 6.07 Å². The first-order valence-corrected chi connectivity index (χ1v) is 11.2. The predicted molar refractivity (Wildman–Crippen MR) is 113 cm³/mol. The molecule has 1 amide bonds. The zero-order chi connectivity index (χ0) is 22.1. The molecule has 0 saturated carbocycles. The third kappa shape index (κ3) is 4.71. The SMILES string of the molecule is CCOC(=O)CN1Cc2cc(-c3ccccc3S(=O)(=O)NC(C)(C)C)ccc2C1=O. The van der Waals surface area contributed by atoms with E-state index in [1.165, 1.54) is 4.90 Å². The average Bonchev–Trinajstić information content (AvgIpc) is 2.95. The first kappa shape index (κ1) is 22.0. The van der Waals surface area contributed by atoms with Crippen LogP contribution in [0, 0.1) is 0 Å². The van der Waals surface area contributed by atoms with Crippen LogP contribution in [0.1, 0.15) is 43.6 Å². The van der Waals surface area contributed by atoms with Gasteiger partial charge in [0.05, 0.1) is 11.5 Å². The average molecular weight is 431 g/mol. The summed E-state index contributed by atoms with van der Waals surface area (Å²) in [5.41, 5.74) is 1.88. The maximum atomic E-state index is 12.9. The zero-order valence-corrected chi connectivity index (χ0v) is 18.4. The van der Waals surface area contributed by atoms with Gasteiger partial charge in [-0.2, -0.15) is 0 Å². The number of rotatable bonds is 6. The van der Waals surface area contributed by atoms with E-state index in [-0.39, 0.29) is 30.5 Å². The molecule has 0 bridgehead atoms. The molecule has 1 heterocycles. The van der Waals surface area contributed by atoms with Crippen molar-refractivity contribution in [3.05, 3.63) is 53.6 Å². The first-order valence-electron chi connectivity index (χ1n) is 9.73. The number of carbonyl (C=O) groups excluding carboxylic acids is 2. The largest absolute Gasteiger partial charge is 0.465 e. The van der Waals surface area contributed by atoms with Crippen LogP contribution in [0.3, 0.4) is 0 Å². The third-order valence-electron chi connectivity index (χ3n) is 4.54. The maximum absolute atomic E-state index is 12.9. The van der Waals surface area contributed by atoms with Crippen LogP contribution in [-0.4, -0.2) is 43.9 Å². The Hall–Kier alpha value is -2.71. The minimum atomic E-state index is -3.74. The molecular weight excluding hydrogens is 404 g/mol. The van der Waals surface area contributed by atoms with E-state index in [4.69, 9.17) is 4.74 Å².